The summed E-state index contributed by atoms with van der Waals surface area (Å²) in [7, 11) is 1.65. The standard InChI is InChI=1S/C9H18N2O3/c1-11(4-5-12)9(13)10-7-8-3-2-6-14-8/h8,12H,2-7H2,1H3,(H,10,13). The van der Waals surface area contributed by atoms with Gasteiger partial charge < -0.3 is 20.1 Å². The van der Waals surface area contributed by atoms with Crippen LogP contribution in [-0.4, -0.2) is 55.5 Å². The molecule has 1 fully saturated rings. The van der Waals surface area contributed by atoms with Crippen molar-refractivity contribution in [2.75, 3.05) is 33.4 Å². The molecule has 0 spiro atoms. The van der Waals surface area contributed by atoms with Gasteiger partial charge in [0.2, 0.25) is 0 Å². The van der Waals surface area contributed by atoms with Crippen molar-refractivity contribution in [1.29, 1.82) is 0 Å². The molecule has 82 valence electrons. The second kappa shape index (κ2) is 5.82. The number of carbonyl (C=O) groups excluding carboxylic acids is 1. The number of aliphatic hydroxyl groups excluding tert-OH is 1. The van der Waals surface area contributed by atoms with Gasteiger partial charge in [0.15, 0.2) is 0 Å². The van der Waals surface area contributed by atoms with Crippen molar-refractivity contribution >= 4 is 6.03 Å². The number of likely N-dealkylation sites (N-methyl/N-ethyl adjacent to an activating group) is 1. The number of ether oxygens (including phenoxy) is 1. The van der Waals surface area contributed by atoms with E-state index in [1.54, 1.807) is 7.05 Å². The second-order valence-corrected chi connectivity index (χ2v) is 3.47. The van der Waals surface area contributed by atoms with Gasteiger partial charge in [-0.3, -0.25) is 0 Å². The summed E-state index contributed by atoms with van der Waals surface area (Å²) in [6, 6.07) is -0.158. The minimum atomic E-state index is -0.158. The molecule has 1 heterocycles. The molecule has 2 N–H and O–H groups in total. The second-order valence-electron chi connectivity index (χ2n) is 3.47. The molecule has 0 saturated carbocycles. The number of rotatable bonds is 4. The summed E-state index contributed by atoms with van der Waals surface area (Å²) >= 11 is 0. The van der Waals surface area contributed by atoms with Crippen molar-refractivity contribution in [2.45, 2.75) is 18.9 Å². The van der Waals surface area contributed by atoms with E-state index >= 15 is 0 Å². The highest BCUT2D eigenvalue weighted by atomic mass is 16.5. The lowest BCUT2D eigenvalue weighted by molar-refractivity contribution is 0.109. The van der Waals surface area contributed by atoms with Gasteiger partial charge in [0.25, 0.3) is 0 Å². The fourth-order valence-electron chi connectivity index (χ4n) is 1.39. The largest absolute Gasteiger partial charge is 0.395 e. The molecule has 0 bridgehead atoms. The summed E-state index contributed by atoms with van der Waals surface area (Å²) in [6.45, 7) is 1.71. The Balaban J connectivity index is 2.13. The Morgan fingerprint density at radius 1 is 1.71 bits per heavy atom. The smallest absolute Gasteiger partial charge is 0.317 e. The third kappa shape index (κ3) is 3.51. The monoisotopic (exact) mass is 202 g/mol. The third-order valence-corrected chi connectivity index (χ3v) is 2.29. The van der Waals surface area contributed by atoms with E-state index < -0.39 is 0 Å². The maximum absolute atomic E-state index is 11.3. The van der Waals surface area contributed by atoms with E-state index in [0.29, 0.717) is 13.1 Å². The molecule has 2 amide bonds. The quantitative estimate of drug-likeness (QED) is 0.663. The summed E-state index contributed by atoms with van der Waals surface area (Å²) in [5, 5.41) is 11.4. The number of urea groups is 1. The lowest BCUT2D eigenvalue weighted by Gasteiger charge is -2.18. The lowest BCUT2D eigenvalue weighted by Crippen LogP contribution is -2.41. The normalized spacial score (nSPS) is 20.9. The van der Waals surface area contributed by atoms with Crippen LogP contribution in [0.2, 0.25) is 0 Å². The molecule has 5 nitrogen and oxygen atoms in total. The van der Waals surface area contributed by atoms with Gasteiger partial charge in [0.05, 0.1) is 12.7 Å². The zero-order valence-electron chi connectivity index (χ0n) is 8.53. The molecule has 1 rings (SSSR count). The van der Waals surface area contributed by atoms with Gasteiger partial charge in [0.1, 0.15) is 0 Å². The summed E-state index contributed by atoms with van der Waals surface area (Å²) < 4.78 is 5.36. The molecule has 0 radical (unpaired) electrons. The molecule has 1 unspecified atom stereocenters. The molecule has 0 aromatic rings. The summed E-state index contributed by atoms with van der Waals surface area (Å²) in [5.74, 6) is 0. The van der Waals surface area contributed by atoms with Gasteiger partial charge in [-0.15, -0.1) is 0 Å². The van der Waals surface area contributed by atoms with Crippen molar-refractivity contribution in [3.8, 4) is 0 Å². The lowest BCUT2D eigenvalue weighted by atomic mass is 10.2. The highest BCUT2D eigenvalue weighted by molar-refractivity contribution is 5.73. The molecular formula is C9H18N2O3. The Hall–Kier alpha value is -0.810. The average molecular weight is 202 g/mol. The third-order valence-electron chi connectivity index (χ3n) is 2.29. The van der Waals surface area contributed by atoms with Crippen molar-refractivity contribution in [3.05, 3.63) is 0 Å². The first-order valence-corrected chi connectivity index (χ1v) is 4.95. The molecule has 1 atom stereocenters. The van der Waals surface area contributed by atoms with E-state index in [4.69, 9.17) is 9.84 Å². The zero-order chi connectivity index (χ0) is 10.4. The molecular weight excluding hydrogens is 184 g/mol. The first-order chi connectivity index (χ1) is 6.74. The zero-order valence-corrected chi connectivity index (χ0v) is 8.53. The topological polar surface area (TPSA) is 61.8 Å². The van der Waals surface area contributed by atoms with Crippen LogP contribution in [0.3, 0.4) is 0 Å². The first kappa shape index (κ1) is 11.3. The minimum Gasteiger partial charge on any atom is -0.395 e. The van der Waals surface area contributed by atoms with Gasteiger partial charge in [0, 0.05) is 26.7 Å². The first-order valence-electron chi connectivity index (χ1n) is 4.95. The van der Waals surface area contributed by atoms with Crippen molar-refractivity contribution < 1.29 is 14.6 Å². The number of nitrogens with zero attached hydrogens (tertiary/aromatic N) is 1. The molecule has 0 aromatic carbocycles. The van der Waals surface area contributed by atoms with Gasteiger partial charge in [-0.2, -0.15) is 0 Å². The maximum atomic E-state index is 11.3. The number of hydrogen-bond acceptors (Lipinski definition) is 3. The van der Waals surface area contributed by atoms with E-state index in [1.165, 1.54) is 4.90 Å². The SMILES string of the molecule is CN(CCO)C(=O)NCC1CCCO1. The van der Waals surface area contributed by atoms with Crippen LogP contribution in [-0.2, 0) is 4.74 Å². The Morgan fingerprint density at radius 3 is 3.07 bits per heavy atom. The maximum Gasteiger partial charge on any atom is 0.317 e. The van der Waals surface area contributed by atoms with Crippen LogP contribution in [0.4, 0.5) is 4.79 Å². The Bertz CT molecular complexity index is 181. The van der Waals surface area contributed by atoms with Crippen molar-refractivity contribution in [2.24, 2.45) is 0 Å². The van der Waals surface area contributed by atoms with E-state index in [-0.39, 0.29) is 18.7 Å². The number of aliphatic hydroxyl groups is 1. The predicted octanol–water partition coefficient (Wildman–Crippen LogP) is -0.201. The van der Waals surface area contributed by atoms with Gasteiger partial charge in [-0.05, 0) is 12.8 Å². The van der Waals surface area contributed by atoms with Crippen LogP contribution in [0.5, 0.6) is 0 Å². The Kier molecular flexibility index (Phi) is 4.69. The highest BCUT2D eigenvalue weighted by Gasteiger charge is 2.16. The van der Waals surface area contributed by atoms with E-state index in [9.17, 15) is 4.79 Å². The van der Waals surface area contributed by atoms with Gasteiger partial charge in [-0.25, -0.2) is 4.79 Å². The molecule has 1 saturated heterocycles. The van der Waals surface area contributed by atoms with Crippen LogP contribution in [0, 0.1) is 0 Å². The average Bonchev–Trinajstić information content (AvgIpc) is 2.67. The molecule has 0 aromatic heterocycles. The van der Waals surface area contributed by atoms with Crippen LogP contribution in [0.1, 0.15) is 12.8 Å². The van der Waals surface area contributed by atoms with Crippen molar-refractivity contribution in [3.63, 3.8) is 0 Å². The molecule has 0 aliphatic carbocycles. The molecule has 5 heteroatoms. The fourth-order valence-corrected chi connectivity index (χ4v) is 1.39. The van der Waals surface area contributed by atoms with Crippen LogP contribution >= 0.6 is 0 Å². The highest BCUT2D eigenvalue weighted by Crippen LogP contribution is 2.10. The van der Waals surface area contributed by atoms with E-state index in [0.717, 1.165) is 19.4 Å². The van der Waals surface area contributed by atoms with Gasteiger partial charge in [-0.1, -0.05) is 0 Å². The Morgan fingerprint density at radius 2 is 2.50 bits per heavy atom. The predicted molar refractivity (Wildman–Crippen MR) is 52.1 cm³/mol. The van der Waals surface area contributed by atoms with Gasteiger partial charge >= 0.3 is 6.03 Å². The van der Waals surface area contributed by atoms with Crippen LogP contribution < -0.4 is 5.32 Å². The molecule has 1 aliphatic heterocycles. The number of nitrogens with one attached hydrogen (secondary N) is 1. The van der Waals surface area contributed by atoms with E-state index in [1.807, 2.05) is 0 Å². The molecule has 14 heavy (non-hydrogen) atoms. The summed E-state index contributed by atoms with van der Waals surface area (Å²) in [6.07, 6.45) is 2.26. The summed E-state index contributed by atoms with van der Waals surface area (Å²) in [4.78, 5) is 12.8. The minimum absolute atomic E-state index is 0.0101. The number of amides is 2. The Labute approximate surface area is 84.0 Å². The molecule has 1 aliphatic rings. The fraction of sp³-hybridized carbons (Fsp3) is 0.889. The number of hydrogen-bond donors (Lipinski definition) is 2. The van der Waals surface area contributed by atoms with Crippen LogP contribution in [0.15, 0.2) is 0 Å². The summed E-state index contributed by atoms with van der Waals surface area (Å²) in [5.41, 5.74) is 0. The number of carbonyl (C=O) groups is 1. The van der Waals surface area contributed by atoms with Crippen molar-refractivity contribution in [1.82, 2.24) is 10.2 Å². The van der Waals surface area contributed by atoms with E-state index in [2.05, 4.69) is 5.32 Å². The van der Waals surface area contributed by atoms with Crippen LogP contribution in [0.25, 0.3) is 0 Å².